The molecule has 0 bridgehead atoms. The molecule has 1 aliphatic heterocycles. The summed E-state index contributed by atoms with van der Waals surface area (Å²) in [6.07, 6.45) is 3.74. The van der Waals surface area contributed by atoms with Crippen LogP contribution in [-0.4, -0.2) is 54.9 Å². The average molecular weight is 327 g/mol. The standard InChI is InChI=1S/C16H22N2O3.ClH/c1-20-15-7-13-11(3-5-18-6-4-12(19)10-18)9-17-14(13)8-16(15)21-2;/h7-9,12,17,19H,3-6,10H2,1-2H3;1H. The van der Waals surface area contributed by atoms with Crippen LogP contribution in [0.15, 0.2) is 18.3 Å². The fraction of sp³-hybridized carbons (Fsp3) is 0.500. The van der Waals surface area contributed by atoms with E-state index in [1.165, 1.54) is 10.9 Å². The fourth-order valence-corrected chi connectivity index (χ4v) is 3.01. The maximum absolute atomic E-state index is 9.58. The van der Waals surface area contributed by atoms with Crippen molar-refractivity contribution in [2.45, 2.75) is 18.9 Å². The number of ether oxygens (including phenoxy) is 2. The molecule has 5 nitrogen and oxygen atoms in total. The summed E-state index contributed by atoms with van der Waals surface area (Å²) in [4.78, 5) is 5.60. The van der Waals surface area contributed by atoms with Crippen molar-refractivity contribution in [3.63, 3.8) is 0 Å². The molecule has 1 atom stereocenters. The number of H-pyrrole nitrogens is 1. The second-order valence-corrected chi connectivity index (χ2v) is 5.56. The van der Waals surface area contributed by atoms with Crippen LogP contribution in [0.4, 0.5) is 0 Å². The van der Waals surface area contributed by atoms with Gasteiger partial charge in [0, 0.05) is 42.8 Å². The van der Waals surface area contributed by atoms with E-state index >= 15 is 0 Å². The SMILES string of the molecule is COc1cc2[nH]cc(CCN3CCC(O)C3)c2cc1OC.Cl. The molecule has 2 aromatic rings. The van der Waals surface area contributed by atoms with Gasteiger partial charge in [0.2, 0.25) is 0 Å². The van der Waals surface area contributed by atoms with Crippen molar-refractivity contribution >= 4 is 23.3 Å². The minimum Gasteiger partial charge on any atom is -0.493 e. The number of fused-ring (bicyclic) bond motifs is 1. The van der Waals surface area contributed by atoms with Gasteiger partial charge in [0.1, 0.15) is 0 Å². The van der Waals surface area contributed by atoms with Gasteiger partial charge in [-0.3, -0.25) is 0 Å². The first-order valence-corrected chi connectivity index (χ1v) is 7.33. The third-order valence-corrected chi connectivity index (χ3v) is 4.22. The van der Waals surface area contributed by atoms with Crippen LogP contribution < -0.4 is 9.47 Å². The van der Waals surface area contributed by atoms with Crippen LogP contribution in [0.1, 0.15) is 12.0 Å². The number of nitrogens with zero attached hydrogens (tertiary/aromatic N) is 1. The molecule has 0 radical (unpaired) electrons. The summed E-state index contributed by atoms with van der Waals surface area (Å²) in [6, 6.07) is 4.00. The van der Waals surface area contributed by atoms with Gasteiger partial charge in [-0.15, -0.1) is 12.4 Å². The van der Waals surface area contributed by atoms with Crippen LogP contribution in [0, 0.1) is 0 Å². The Labute approximate surface area is 136 Å². The maximum Gasteiger partial charge on any atom is 0.162 e. The molecule has 2 heterocycles. The number of halogens is 1. The molecule has 22 heavy (non-hydrogen) atoms. The van der Waals surface area contributed by atoms with Crippen LogP contribution in [0.3, 0.4) is 0 Å². The van der Waals surface area contributed by atoms with Crippen LogP contribution in [0.5, 0.6) is 11.5 Å². The highest BCUT2D eigenvalue weighted by atomic mass is 35.5. The number of methoxy groups -OCH3 is 2. The van der Waals surface area contributed by atoms with E-state index in [1.54, 1.807) is 14.2 Å². The maximum atomic E-state index is 9.58. The number of hydrogen-bond acceptors (Lipinski definition) is 4. The highest BCUT2D eigenvalue weighted by molar-refractivity contribution is 5.86. The van der Waals surface area contributed by atoms with Gasteiger partial charge in [-0.1, -0.05) is 0 Å². The van der Waals surface area contributed by atoms with E-state index < -0.39 is 0 Å². The minimum atomic E-state index is -0.155. The summed E-state index contributed by atoms with van der Waals surface area (Å²) >= 11 is 0. The zero-order valence-electron chi connectivity index (χ0n) is 13.0. The Morgan fingerprint density at radius 2 is 2.00 bits per heavy atom. The van der Waals surface area contributed by atoms with Crippen molar-refractivity contribution < 1.29 is 14.6 Å². The molecule has 3 rings (SSSR count). The average Bonchev–Trinajstić information content (AvgIpc) is 3.09. The summed E-state index contributed by atoms with van der Waals surface area (Å²) < 4.78 is 10.7. The van der Waals surface area contributed by atoms with E-state index in [1.807, 2.05) is 12.1 Å². The largest absolute Gasteiger partial charge is 0.493 e. The first-order valence-electron chi connectivity index (χ1n) is 7.33. The molecular formula is C16H23ClN2O3. The lowest BCUT2D eigenvalue weighted by Gasteiger charge is -2.14. The van der Waals surface area contributed by atoms with Gasteiger partial charge < -0.3 is 24.5 Å². The Balaban J connectivity index is 0.00000176. The summed E-state index contributed by atoms with van der Waals surface area (Å²) in [5.74, 6) is 1.49. The molecule has 0 amide bonds. The monoisotopic (exact) mass is 326 g/mol. The Kier molecular flexibility index (Phi) is 5.56. The van der Waals surface area contributed by atoms with Crippen molar-refractivity contribution in [2.24, 2.45) is 0 Å². The number of aromatic nitrogens is 1. The molecule has 1 aliphatic rings. The molecule has 1 unspecified atom stereocenters. The molecule has 6 heteroatoms. The number of likely N-dealkylation sites (tertiary alicyclic amines) is 1. The molecule has 1 aromatic carbocycles. The molecule has 2 N–H and O–H groups in total. The smallest absolute Gasteiger partial charge is 0.162 e. The lowest BCUT2D eigenvalue weighted by atomic mass is 10.1. The molecule has 0 spiro atoms. The summed E-state index contributed by atoms with van der Waals surface area (Å²) in [5.41, 5.74) is 2.33. The number of hydrogen-bond donors (Lipinski definition) is 2. The van der Waals surface area contributed by atoms with E-state index in [2.05, 4.69) is 16.1 Å². The van der Waals surface area contributed by atoms with Crippen molar-refractivity contribution in [2.75, 3.05) is 33.9 Å². The molecule has 0 saturated carbocycles. The Bertz CT molecular complexity index is 629. The van der Waals surface area contributed by atoms with Crippen molar-refractivity contribution in [3.05, 3.63) is 23.9 Å². The minimum absolute atomic E-state index is 0. The number of benzene rings is 1. The third-order valence-electron chi connectivity index (χ3n) is 4.22. The van der Waals surface area contributed by atoms with Crippen molar-refractivity contribution in [1.29, 1.82) is 0 Å². The van der Waals surface area contributed by atoms with Crippen LogP contribution in [-0.2, 0) is 6.42 Å². The fourth-order valence-electron chi connectivity index (χ4n) is 3.01. The number of nitrogens with one attached hydrogen (secondary N) is 1. The summed E-state index contributed by atoms with van der Waals surface area (Å²) in [6.45, 7) is 2.75. The van der Waals surface area contributed by atoms with E-state index in [0.717, 1.165) is 49.5 Å². The lowest BCUT2D eigenvalue weighted by Crippen LogP contribution is -2.24. The molecule has 1 saturated heterocycles. The molecule has 122 valence electrons. The summed E-state index contributed by atoms with van der Waals surface area (Å²) in [5, 5.41) is 10.7. The first kappa shape index (κ1) is 16.9. The lowest BCUT2D eigenvalue weighted by molar-refractivity contribution is 0.177. The Hall–Kier alpha value is -1.43. The quantitative estimate of drug-likeness (QED) is 0.884. The number of rotatable bonds is 5. The topological polar surface area (TPSA) is 57.7 Å². The van der Waals surface area contributed by atoms with Gasteiger partial charge in [0.05, 0.1) is 20.3 Å². The second-order valence-electron chi connectivity index (χ2n) is 5.56. The predicted octanol–water partition coefficient (Wildman–Crippen LogP) is 2.22. The number of aliphatic hydroxyl groups is 1. The first-order chi connectivity index (χ1) is 10.2. The van der Waals surface area contributed by atoms with E-state index in [4.69, 9.17) is 9.47 Å². The predicted molar refractivity (Wildman–Crippen MR) is 89.4 cm³/mol. The zero-order chi connectivity index (χ0) is 14.8. The van der Waals surface area contributed by atoms with Gasteiger partial charge in [0.15, 0.2) is 11.5 Å². The Morgan fingerprint density at radius 1 is 1.27 bits per heavy atom. The van der Waals surface area contributed by atoms with E-state index in [0.29, 0.717) is 0 Å². The van der Waals surface area contributed by atoms with Crippen LogP contribution in [0.25, 0.3) is 10.9 Å². The number of aromatic amines is 1. The van der Waals surface area contributed by atoms with Gasteiger partial charge in [-0.2, -0.15) is 0 Å². The highest BCUT2D eigenvalue weighted by Crippen LogP contribution is 2.33. The molecule has 1 aromatic heterocycles. The molecule has 1 fully saturated rings. The third kappa shape index (κ3) is 3.32. The number of aliphatic hydroxyl groups excluding tert-OH is 1. The van der Waals surface area contributed by atoms with Gasteiger partial charge in [-0.25, -0.2) is 0 Å². The second kappa shape index (κ2) is 7.22. The highest BCUT2D eigenvalue weighted by Gasteiger charge is 2.20. The van der Waals surface area contributed by atoms with E-state index in [-0.39, 0.29) is 18.5 Å². The normalized spacial score (nSPS) is 18.4. The molecule has 0 aliphatic carbocycles. The van der Waals surface area contributed by atoms with Crippen molar-refractivity contribution in [1.82, 2.24) is 9.88 Å². The number of β-amino-alcohol motifs (C(OH)–C–C–N with tert-alkyl or cyclic N) is 1. The van der Waals surface area contributed by atoms with Crippen molar-refractivity contribution in [3.8, 4) is 11.5 Å². The van der Waals surface area contributed by atoms with Gasteiger partial charge in [0.25, 0.3) is 0 Å². The van der Waals surface area contributed by atoms with Gasteiger partial charge >= 0.3 is 0 Å². The Morgan fingerprint density at radius 3 is 2.64 bits per heavy atom. The zero-order valence-corrected chi connectivity index (χ0v) is 13.8. The molecular weight excluding hydrogens is 304 g/mol. The van der Waals surface area contributed by atoms with E-state index in [9.17, 15) is 5.11 Å². The van der Waals surface area contributed by atoms with Crippen LogP contribution in [0.2, 0.25) is 0 Å². The summed E-state index contributed by atoms with van der Waals surface area (Å²) in [7, 11) is 3.30. The van der Waals surface area contributed by atoms with Crippen LogP contribution >= 0.6 is 12.4 Å². The van der Waals surface area contributed by atoms with Gasteiger partial charge in [-0.05, 0) is 24.5 Å².